The van der Waals surface area contributed by atoms with Gasteiger partial charge in [0.05, 0.1) is 23.8 Å². The lowest BCUT2D eigenvalue weighted by Gasteiger charge is -2.36. The van der Waals surface area contributed by atoms with Gasteiger partial charge >= 0.3 is 0 Å². The molecule has 1 saturated heterocycles. The molecule has 1 fully saturated rings. The average Bonchev–Trinajstić information content (AvgIpc) is 3.42. The summed E-state index contributed by atoms with van der Waals surface area (Å²) in [4.78, 5) is 20.1. The van der Waals surface area contributed by atoms with Crippen molar-refractivity contribution in [2.24, 2.45) is 5.92 Å². The molecule has 5 rings (SSSR count). The van der Waals surface area contributed by atoms with Crippen LogP contribution in [0.2, 0.25) is 0 Å². The first-order chi connectivity index (χ1) is 18.0. The van der Waals surface area contributed by atoms with Gasteiger partial charge in [-0.05, 0) is 56.0 Å². The molecular formula is C28H28FN5O2S. The predicted molar refractivity (Wildman–Crippen MR) is 144 cm³/mol. The molecule has 1 atom stereocenters. The van der Waals surface area contributed by atoms with E-state index in [0.717, 1.165) is 42.7 Å². The lowest BCUT2D eigenvalue weighted by molar-refractivity contribution is 0.102. The number of piperidine rings is 1. The van der Waals surface area contributed by atoms with Crippen LogP contribution in [0.25, 0.3) is 10.6 Å². The van der Waals surface area contributed by atoms with Crippen LogP contribution in [0.15, 0.2) is 60.2 Å². The highest BCUT2D eigenvalue weighted by Crippen LogP contribution is 2.40. The number of carbonyl (C=O) groups is 1. The number of amides is 1. The van der Waals surface area contributed by atoms with Crippen LogP contribution in [0.5, 0.6) is 11.5 Å². The van der Waals surface area contributed by atoms with Gasteiger partial charge in [0, 0.05) is 35.7 Å². The number of anilines is 2. The molecule has 0 spiro atoms. The first kappa shape index (κ1) is 24.8. The Bertz CT molecular complexity index is 1390. The number of halogens is 1. The first-order valence-corrected chi connectivity index (χ1v) is 13.3. The zero-order valence-electron chi connectivity index (χ0n) is 20.8. The molecular weight excluding hydrogens is 489 g/mol. The number of carbonyl (C=O) groups excluding carboxylic acids is 1. The van der Waals surface area contributed by atoms with Crippen LogP contribution < -0.4 is 15.0 Å². The fraction of sp³-hybridized carbons (Fsp3) is 0.286. The van der Waals surface area contributed by atoms with Gasteiger partial charge in [0.2, 0.25) is 0 Å². The van der Waals surface area contributed by atoms with Crippen molar-refractivity contribution < 1.29 is 13.9 Å². The Hall–Kier alpha value is -3.85. The number of hydrogen-bond acceptors (Lipinski definition) is 7. The van der Waals surface area contributed by atoms with Gasteiger partial charge in [0.15, 0.2) is 0 Å². The second-order valence-corrected chi connectivity index (χ2v) is 9.99. The van der Waals surface area contributed by atoms with E-state index in [1.165, 1.54) is 29.9 Å². The van der Waals surface area contributed by atoms with Crippen molar-refractivity contribution >= 4 is 28.6 Å². The summed E-state index contributed by atoms with van der Waals surface area (Å²) in [5.74, 6) is 0.994. The number of nitrogens with zero attached hydrogens (tertiary/aromatic N) is 4. The standard InChI is InChI=1S/C28H28FN5O2S/c1-3-19-6-5-13-34(16-19)26-18(2)25(36-22-8-4-7-21(29)14-22)10-9-23(26)32-27(35)24-17-37-28(33-24)20-11-12-30-31-15-20/h4,7-12,14-15,17,19H,3,5-6,13,16H2,1-2H3,(H,32,35)/t19-/m1/s1. The average molecular weight is 518 g/mol. The number of thiazole rings is 1. The summed E-state index contributed by atoms with van der Waals surface area (Å²) in [6.07, 6.45) is 6.59. The number of benzene rings is 2. The van der Waals surface area contributed by atoms with Gasteiger partial charge in [-0.15, -0.1) is 11.3 Å². The highest BCUT2D eigenvalue weighted by atomic mass is 32.1. The topological polar surface area (TPSA) is 80.2 Å². The van der Waals surface area contributed by atoms with Crippen LogP contribution in [0.3, 0.4) is 0 Å². The van der Waals surface area contributed by atoms with Gasteiger partial charge in [0.25, 0.3) is 5.91 Å². The van der Waals surface area contributed by atoms with Crippen LogP contribution in [0.1, 0.15) is 42.2 Å². The molecule has 190 valence electrons. The summed E-state index contributed by atoms with van der Waals surface area (Å²) in [7, 11) is 0. The molecule has 1 amide bonds. The van der Waals surface area contributed by atoms with E-state index >= 15 is 0 Å². The molecule has 1 N–H and O–H groups in total. The van der Waals surface area contributed by atoms with Crippen LogP contribution in [0.4, 0.5) is 15.8 Å². The maximum atomic E-state index is 13.8. The number of aromatic nitrogens is 3. The smallest absolute Gasteiger partial charge is 0.275 e. The molecule has 4 aromatic rings. The fourth-order valence-electron chi connectivity index (χ4n) is 4.67. The van der Waals surface area contributed by atoms with Crippen molar-refractivity contribution in [3.8, 4) is 22.1 Å². The summed E-state index contributed by atoms with van der Waals surface area (Å²) < 4.78 is 19.8. The van der Waals surface area contributed by atoms with Crippen molar-refractivity contribution in [1.29, 1.82) is 0 Å². The van der Waals surface area contributed by atoms with Crippen molar-refractivity contribution in [2.75, 3.05) is 23.3 Å². The van der Waals surface area contributed by atoms with Gasteiger partial charge in [-0.25, -0.2) is 9.37 Å². The molecule has 1 aliphatic rings. The number of ether oxygens (including phenoxy) is 1. The van der Waals surface area contributed by atoms with Crippen molar-refractivity contribution in [2.45, 2.75) is 33.1 Å². The normalized spacial score (nSPS) is 15.4. The second kappa shape index (κ2) is 11.0. The van der Waals surface area contributed by atoms with Crippen LogP contribution >= 0.6 is 11.3 Å². The van der Waals surface area contributed by atoms with Gasteiger partial charge in [-0.3, -0.25) is 4.79 Å². The molecule has 0 unspecified atom stereocenters. The summed E-state index contributed by atoms with van der Waals surface area (Å²) in [6.45, 7) is 5.98. The summed E-state index contributed by atoms with van der Waals surface area (Å²) in [5.41, 5.74) is 3.67. The largest absolute Gasteiger partial charge is 0.457 e. The number of rotatable bonds is 7. The summed E-state index contributed by atoms with van der Waals surface area (Å²) in [6, 6.07) is 11.6. The van der Waals surface area contributed by atoms with Crippen molar-refractivity contribution in [3.05, 3.63) is 77.3 Å². The molecule has 0 saturated carbocycles. The zero-order chi connectivity index (χ0) is 25.8. The minimum atomic E-state index is -0.355. The maximum absolute atomic E-state index is 13.8. The minimum Gasteiger partial charge on any atom is -0.457 e. The third kappa shape index (κ3) is 5.61. The molecule has 0 aliphatic carbocycles. The summed E-state index contributed by atoms with van der Waals surface area (Å²) >= 11 is 1.38. The van der Waals surface area contributed by atoms with Gasteiger partial charge in [-0.1, -0.05) is 19.4 Å². The third-order valence-electron chi connectivity index (χ3n) is 6.63. The Morgan fingerprint density at radius 1 is 1.24 bits per heavy atom. The predicted octanol–water partition coefficient (Wildman–Crippen LogP) is 6.72. The summed E-state index contributed by atoms with van der Waals surface area (Å²) in [5, 5.41) is 13.2. The molecule has 1 aliphatic heterocycles. The number of nitrogens with one attached hydrogen (secondary N) is 1. The van der Waals surface area contributed by atoms with E-state index in [2.05, 4.69) is 32.3 Å². The zero-order valence-corrected chi connectivity index (χ0v) is 21.6. The molecule has 0 radical (unpaired) electrons. The monoisotopic (exact) mass is 517 g/mol. The van der Waals surface area contributed by atoms with Crippen LogP contribution in [-0.4, -0.2) is 34.2 Å². The Morgan fingerprint density at radius 3 is 2.92 bits per heavy atom. The Balaban J connectivity index is 1.46. The van der Waals surface area contributed by atoms with Crippen molar-refractivity contribution in [3.63, 3.8) is 0 Å². The molecule has 3 heterocycles. The lowest BCUT2D eigenvalue weighted by atomic mass is 9.94. The molecule has 9 heteroatoms. The molecule has 2 aromatic heterocycles. The van der Waals surface area contributed by atoms with E-state index < -0.39 is 0 Å². The third-order valence-corrected chi connectivity index (χ3v) is 7.53. The van der Waals surface area contributed by atoms with E-state index in [4.69, 9.17) is 4.74 Å². The molecule has 2 aromatic carbocycles. The van der Waals surface area contributed by atoms with E-state index in [-0.39, 0.29) is 11.7 Å². The van der Waals surface area contributed by atoms with Crippen molar-refractivity contribution in [1.82, 2.24) is 15.2 Å². The number of hydrogen-bond donors (Lipinski definition) is 1. The molecule has 0 bridgehead atoms. The highest BCUT2D eigenvalue weighted by molar-refractivity contribution is 7.13. The quantitative estimate of drug-likeness (QED) is 0.293. The molecule has 37 heavy (non-hydrogen) atoms. The van der Waals surface area contributed by atoms with E-state index in [0.29, 0.717) is 33.8 Å². The van der Waals surface area contributed by atoms with E-state index in [9.17, 15) is 9.18 Å². The van der Waals surface area contributed by atoms with Gasteiger partial charge in [0.1, 0.15) is 28.0 Å². The van der Waals surface area contributed by atoms with E-state index in [1.807, 2.05) is 25.1 Å². The minimum absolute atomic E-state index is 0.284. The Morgan fingerprint density at radius 2 is 2.14 bits per heavy atom. The van der Waals surface area contributed by atoms with Crippen LogP contribution in [-0.2, 0) is 0 Å². The fourth-order valence-corrected chi connectivity index (χ4v) is 5.46. The second-order valence-electron chi connectivity index (χ2n) is 9.13. The highest BCUT2D eigenvalue weighted by Gasteiger charge is 2.25. The van der Waals surface area contributed by atoms with Gasteiger partial charge in [-0.2, -0.15) is 10.2 Å². The maximum Gasteiger partial charge on any atom is 0.275 e. The molecule has 7 nitrogen and oxygen atoms in total. The van der Waals surface area contributed by atoms with Gasteiger partial charge < -0.3 is 15.0 Å². The van der Waals surface area contributed by atoms with E-state index in [1.54, 1.807) is 29.9 Å². The Labute approximate surface area is 219 Å². The first-order valence-electron chi connectivity index (χ1n) is 12.4. The SMILES string of the molecule is CC[C@@H]1CCCN(c2c(NC(=O)c3csc(-c4ccnnc4)n3)ccc(Oc3cccc(F)c3)c2C)C1. The van der Waals surface area contributed by atoms with Crippen LogP contribution in [0, 0.1) is 18.7 Å². The lowest BCUT2D eigenvalue weighted by Crippen LogP contribution is -2.36. The Kier molecular flexibility index (Phi) is 7.41.